The molecule has 0 bridgehead atoms. The van der Waals surface area contributed by atoms with Gasteiger partial charge in [0.05, 0.1) is 18.6 Å². The molecule has 0 saturated heterocycles. The number of H-pyrrole nitrogens is 1. The van der Waals surface area contributed by atoms with Crippen LogP contribution in [-0.4, -0.2) is 16.6 Å². The molecule has 4 rings (SSSR count). The molecule has 0 unspecified atom stereocenters. The average Bonchev–Trinajstić information content (AvgIpc) is 3.37. The number of hydrogen-bond donors (Lipinski definition) is 1. The Bertz CT molecular complexity index is 913. The van der Waals surface area contributed by atoms with E-state index in [-0.39, 0.29) is 0 Å². The van der Waals surface area contributed by atoms with Crippen molar-refractivity contribution in [2.75, 3.05) is 6.61 Å². The Morgan fingerprint density at radius 1 is 0.960 bits per heavy atom. The Morgan fingerprint density at radius 2 is 1.84 bits per heavy atom. The Morgan fingerprint density at radius 3 is 2.60 bits per heavy atom. The smallest absolute Gasteiger partial charge is 0.128 e. The summed E-state index contributed by atoms with van der Waals surface area (Å²) in [5.41, 5.74) is 5.72. The van der Waals surface area contributed by atoms with Gasteiger partial charge in [-0.3, -0.25) is 0 Å². The zero-order valence-corrected chi connectivity index (χ0v) is 14.5. The zero-order chi connectivity index (χ0) is 16.9. The van der Waals surface area contributed by atoms with E-state index in [1.54, 1.807) is 17.7 Å². The van der Waals surface area contributed by atoms with Crippen molar-refractivity contribution < 1.29 is 4.74 Å². The summed E-state index contributed by atoms with van der Waals surface area (Å²) in [5, 5.41) is 4.28. The number of para-hydroxylation sites is 1. The molecule has 2 heterocycles. The summed E-state index contributed by atoms with van der Waals surface area (Å²) in [6, 6.07) is 18.9. The number of benzene rings is 2. The largest absolute Gasteiger partial charge is 0.493 e. The minimum absolute atomic E-state index is 0.638. The summed E-state index contributed by atoms with van der Waals surface area (Å²) < 4.78 is 6.02. The van der Waals surface area contributed by atoms with Crippen LogP contribution in [0.25, 0.3) is 22.4 Å². The summed E-state index contributed by atoms with van der Waals surface area (Å²) in [6.07, 6.45) is 4.44. The predicted molar refractivity (Wildman–Crippen MR) is 103 cm³/mol. The average molecular weight is 346 g/mol. The third kappa shape index (κ3) is 3.64. The summed E-state index contributed by atoms with van der Waals surface area (Å²) in [5.74, 6) is 0.865. The van der Waals surface area contributed by atoms with E-state index in [0.717, 1.165) is 23.4 Å². The molecule has 0 aliphatic carbocycles. The number of imidazole rings is 1. The Kier molecular flexibility index (Phi) is 4.61. The van der Waals surface area contributed by atoms with Crippen molar-refractivity contribution in [2.24, 2.45) is 0 Å². The molecular weight excluding hydrogens is 328 g/mol. The second kappa shape index (κ2) is 7.36. The van der Waals surface area contributed by atoms with Gasteiger partial charge in [-0.05, 0) is 45.6 Å². The highest BCUT2D eigenvalue weighted by Gasteiger charge is 2.07. The highest BCUT2D eigenvalue weighted by Crippen LogP contribution is 2.28. The lowest BCUT2D eigenvalue weighted by Crippen LogP contribution is -2.02. The predicted octanol–water partition coefficient (Wildman–Crippen LogP) is 5.43. The van der Waals surface area contributed by atoms with E-state index in [1.165, 1.54) is 16.7 Å². The molecule has 2 aromatic carbocycles. The van der Waals surface area contributed by atoms with Crippen molar-refractivity contribution >= 4 is 11.3 Å². The van der Waals surface area contributed by atoms with Gasteiger partial charge in [0.1, 0.15) is 5.75 Å². The first-order valence-corrected chi connectivity index (χ1v) is 9.17. The van der Waals surface area contributed by atoms with Crippen LogP contribution in [0.4, 0.5) is 0 Å². The van der Waals surface area contributed by atoms with Crippen LogP contribution in [0.3, 0.4) is 0 Å². The second-order valence-electron chi connectivity index (χ2n) is 5.76. The molecule has 0 amide bonds. The number of nitrogens with zero attached hydrogens (tertiary/aromatic N) is 1. The topological polar surface area (TPSA) is 37.9 Å². The van der Waals surface area contributed by atoms with Gasteiger partial charge in [0.15, 0.2) is 0 Å². The first-order chi connectivity index (χ1) is 12.4. The van der Waals surface area contributed by atoms with Crippen molar-refractivity contribution in [1.82, 2.24) is 9.97 Å². The first-order valence-electron chi connectivity index (χ1n) is 8.22. The molecule has 4 aromatic rings. The van der Waals surface area contributed by atoms with Crippen LogP contribution in [0.15, 0.2) is 77.9 Å². The number of thiophene rings is 1. The first kappa shape index (κ1) is 15.7. The fraction of sp³-hybridized carbons (Fsp3) is 0.0952. The molecule has 0 spiro atoms. The van der Waals surface area contributed by atoms with Gasteiger partial charge in [-0.15, -0.1) is 0 Å². The van der Waals surface area contributed by atoms with Gasteiger partial charge in [0, 0.05) is 18.2 Å². The molecular formula is C21H18N2OS. The van der Waals surface area contributed by atoms with E-state index in [2.05, 4.69) is 51.1 Å². The second-order valence-corrected chi connectivity index (χ2v) is 6.54. The monoisotopic (exact) mass is 346 g/mol. The molecule has 0 radical (unpaired) electrons. The van der Waals surface area contributed by atoms with Gasteiger partial charge >= 0.3 is 0 Å². The molecule has 4 heteroatoms. The molecule has 0 atom stereocenters. The van der Waals surface area contributed by atoms with Crippen molar-refractivity contribution in [1.29, 1.82) is 0 Å². The highest BCUT2D eigenvalue weighted by atomic mass is 32.1. The SMILES string of the molecule is c1ccc(-c2c[nH]cn2)c(OCCc2ccc(-c3ccsc3)cc2)c1. The summed E-state index contributed by atoms with van der Waals surface area (Å²) in [7, 11) is 0. The van der Waals surface area contributed by atoms with E-state index in [0.29, 0.717) is 6.61 Å². The van der Waals surface area contributed by atoms with Crippen molar-refractivity contribution in [3.63, 3.8) is 0 Å². The molecule has 1 N–H and O–H groups in total. The molecule has 3 nitrogen and oxygen atoms in total. The van der Waals surface area contributed by atoms with Crippen LogP contribution in [0.2, 0.25) is 0 Å². The fourth-order valence-corrected chi connectivity index (χ4v) is 3.45. The standard InChI is InChI=1S/C21H18N2OS/c1-2-4-21(19(3-1)20-13-22-15-23-20)24-11-9-16-5-7-17(8-6-16)18-10-12-25-14-18/h1-8,10,12-15H,9,11H2,(H,22,23). The lowest BCUT2D eigenvalue weighted by atomic mass is 10.1. The van der Waals surface area contributed by atoms with E-state index in [4.69, 9.17) is 4.74 Å². The third-order valence-electron chi connectivity index (χ3n) is 4.12. The fourth-order valence-electron chi connectivity index (χ4n) is 2.78. The molecule has 0 aliphatic rings. The van der Waals surface area contributed by atoms with Gasteiger partial charge < -0.3 is 9.72 Å². The molecule has 0 saturated carbocycles. The summed E-state index contributed by atoms with van der Waals surface area (Å²) >= 11 is 1.72. The van der Waals surface area contributed by atoms with Gasteiger partial charge in [-0.1, -0.05) is 36.4 Å². The number of aromatic nitrogens is 2. The van der Waals surface area contributed by atoms with Crippen LogP contribution in [0.5, 0.6) is 5.75 Å². The van der Waals surface area contributed by atoms with Crippen LogP contribution in [-0.2, 0) is 6.42 Å². The van der Waals surface area contributed by atoms with Crippen LogP contribution >= 0.6 is 11.3 Å². The van der Waals surface area contributed by atoms with E-state index in [9.17, 15) is 0 Å². The van der Waals surface area contributed by atoms with Gasteiger partial charge in [-0.25, -0.2) is 4.98 Å². The van der Waals surface area contributed by atoms with Crippen LogP contribution < -0.4 is 4.74 Å². The molecule has 0 aliphatic heterocycles. The minimum Gasteiger partial charge on any atom is -0.493 e. The van der Waals surface area contributed by atoms with Crippen molar-refractivity contribution in [3.8, 4) is 28.1 Å². The Labute approximate surface area is 151 Å². The van der Waals surface area contributed by atoms with E-state index >= 15 is 0 Å². The number of hydrogen-bond acceptors (Lipinski definition) is 3. The molecule has 25 heavy (non-hydrogen) atoms. The minimum atomic E-state index is 0.638. The van der Waals surface area contributed by atoms with Gasteiger partial charge in [-0.2, -0.15) is 11.3 Å². The normalized spacial score (nSPS) is 10.7. The molecule has 0 fully saturated rings. The number of nitrogens with one attached hydrogen (secondary N) is 1. The summed E-state index contributed by atoms with van der Waals surface area (Å²) in [4.78, 5) is 7.30. The van der Waals surface area contributed by atoms with Crippen molar-refractivity contribution in [3.05, 3.63) is 83.4 Å². The van der Waals surface area contributed by atoms with E-state index < -0.39 is 0 Å². The number of rotatable bonds is 6. The maximum atomic E-state index is 6.02. The zero-order valence-electron chi connectivity index (χ0n) is 13.7. The number of ether oxygens (including phenoxy) is 1. The van der Waals surface area contributed by atoms with Gasteiger partial charge in [0.25, 0.3) is 0 Å². The van der Waals surface area contributed by atoms with E-state index in [1.807, 2.05) is 30.5 Å². The Hall–Kier alpha value is -2.85. The van der Waals surface area contributed by atoms with Gasteiger partial charge in [0.2, 0.25) is 0 Å². The molecule has 124 valence electrons. The lowest BCUT2D eigenvalue weighted by Gasteiger charge is -2.10. The Balaban J connectivity index is 1.40. The maximum absolute atomic E-state index is 6.02. The number of aromatic amines is 1. The summed E-state index contributed by atoms with van der Waals surface area (Å²) in [6.45, 7) is 0.638. The third-order valence-corrected chi connectivity index (χ3v) is 4.80. The maximum Gasteiger partial charge on any atom is 0.128 e. The highest BCUT2D eigenvalue weighted by molar-refractivity contribution is 7.08. The van der Waals surface area contributed by atoms with Crippen LogP contribution in [0, 0.1) is 0 Å². The quantitative estimate of drug-likeness (QED) is 0.506. The molecule has 2 aromatic heterocycles. The lowest BCUT2D eigenvalue weighted by molar-refractivity contribution is 0.323. The van der Waals surface area contributed by atoms with Crippen LogP contribution in [0.1, 0.15) is 5.56 Å². The van der Waals surface area contributed by atoms with Crippen molar-refractivity contribution in [2.45, 2.75) is 6.42 Å².